The molecule has 4 heterocycles. The zero-order valence-corrected chi connectivity index (χ0v) is 21.2. The number of hydrogen-bond donors (Lipinski definition) is 1. The average molecular weight is 543 g/mol. The maximum atomic E-state index is 13.0. The zero-order chi connectivity index (χ0) is 27.3. The molecule has 1 aromatic heterocycles. The molecule has 3 fully saturated rings. The van der Waals surface area contributed by atoms with Crippen molar-refractivity contribution >= 4 is 17.7 Å². The van der Waals surface area contributed by atoms with Gasteiger partial charge in [0.1, 0.15) is 17.9 Å². The van der Waals surface area contributed by atoms with E-state index in [1.807, 2.05) is 6.07 Å². The van der Waals surface area contributed by atoms with Gasteiger partial charge in [-0.15, -0.1) is 0 Å². The first-order valence-corrected chi connectivity index (χ1v) is 13.4. The maximum Gasteiger partial charge on any atom is 0.417 e. The second-order valence-electron chi connectivity index (χ2n) is 10.8. The van der Waals surface area contributed by atoms with Gasteiger partial charge in [0.2, 0.25) is 11.8 Å². The Morgan fingerprint density at radius 1 is 1.00 bits per heavy atom. The second-order valence-corrected chi connectivity index (χ2v) is 10.8. The van der Waals surface area contributed by atoms with Crippen LogP contribution in [0.1, 0.15) is 71.6 Å². The van der Waals surface area contributed by atoms with Crippen molar-refractivity contribution < 1.29 is 32.3 Å². The zero-order valence-electron chi connectivity index (χ0n) is 21.2. The van der Waals surface area contributed by atoms with Crippen LogP contribution in [0.25, 0.3) is 0 Å². The molecule has 11 heteroatoms. The van der Waals surface area contributed by atoms with Crippen LogP contribution in [-0.2, 0) is 22.3 Å². The molecule has 4 aliphatic rings. The van der Waals surface area contributed by atoms with Crippen LogP contribution in [-0.4, -0.2) is 63.8 Å². The molecule has 1 aliphatic carbocycles. The van der Waals surface area contributed by atoms with E-state index < -0.39 is 23.7 Å². The van der Waals surface area contributed by atoms with E-state index in [0.29, 0.717) is 30.0 Å². The number of carbonyl (C=O) groups excluding carboxylic acids is 3. The van der Waals surface area contributed by atoms with Crippen molar-refractivity contribution in [1.29, 1.82) is 0 Å². The summed E-state index contributed by atoms with van der Waals surface area (Å²) in [6.45, 7) is 1.74. The molecule has 39 heavy (non-hydrogen) atoms. The van der Waals surface area contributed by atoms with Crippen molar-refractivity contribution in [1.82, 2.24) is 20.1 Å². The smallest absolute Gasteiger partial charge is 0.417 e. The lowest BCUT2D eigenvalue weighted by atomic mass is 9.85. The summed E-state index contributed by atoms with van der Waals surface area (Å²) in [6.07, 6.45) is 1.00. The Balaban J connectivity index is 1.09. The van der Waals surface area contributed by atoms with Gasteiger partial charge in [0, 0.05) is 55.5 Å². The van der Waals surface area contributed by atoms with Crippen molar-refractivity contribution in [2.75, 3.05) is 13.1 Å². The van der Waals surface area contributed by atoms with Gasteiger partial charge in [-0.1, -0.05) is 6.42 Å². The number of piperidine rings is 1. The molecule has 0 spiro atoms. The number of halogens is 3. The fraction of sp³-hybridized carbons (Fsp3) is 0.500. The molecule has 0 radical (unpaired) electrons. The fourth-order valence-electron chi connectivity index (χ4n) is 6.22. The second kappa shape index (κ2) is 9.93. The van der Waals surface area contributed by atoms with Crippen molar-refractivity contribution in [3.63, 3.8) is 0 Å². The highest BCUT2D eigenvalue weighted by Gasteiger charge is 2.41. The van der Waals surface area contributed by atoms with Crippen LogP contribution in [0.5, 0.6) is 5.75 Å². The monoisotopic (exact) mass is 542 g/mol. The van der Waals surface area contributed by atoms with E-state index in [0.717, 1.165) is 56.6 Å². The Bertz CT molecular complexity index is 1290. The van der Waals surface area contributed by atoms with E-state index in [1.165, 1.54) is 11.0 Å². The number of fused-ring (bicyclic) bond motifs is 1. The number of ether oxygens (including phenoxy) is 1. The quantitative estimate of drug-likeness (QED) is 0.580. The van der Waals surface area contributed by atoms with Gasteiger partial charge in [-0.2, -0.15) is 13.2 Å². The molecule has 2 saturated heterocycles. The summed E-state index contributed by atoms with van der Waals surface area (Å²) in [5.74, 6) is -0.204. The number of pyridine rings is 1. The first-order valence-electron chi connectivity index (χ1n) is 13.4. The standard InChI is InChI=1S/C28H29F3N4O4/c29-28(30,31)18-5-8-21(32-12-18)17-13-34(14-17)22-3-1-2-4-24(22)39-19-6-7-20-16(11-19)15-35(27(20)38)23-9-10-25(36)33-26(23)37/h5-8,11-12,17,22-24H,1-4,9-10,13-15H2,(H,33,36,37)/t22-,23-,24+/m0/s1. The van der Waals surface area contributed by atoms with E-state index in [4.69, 9.17) is 4.74 Å². The Hall–Kier alpha value is -3.47. The SMILES string of the molecule is O=C1CC[C@H](N2Cc3cc(O[C@@H]4CCCC[C@@H]4N4CC(c5ccc(C(F)(F)F)cn5)C4)ccc3C2=O)C(=O)N1. The number of alkyl halides is 3. The summed E-state index contributed by atoms with van der Waals surface area (Å²) in [4.78, 5) is 44.7. The molecule has 8 nitrogen and oxygen atoms in total. The lowest BCUT2D eigenvalue weighted by Gasteiger charge is -2.48. The largest absolute Gasteiger partial charge is 0.489 e. The molecule has 3 aliphatic heterocycles. The molecule has 3 amide bonds. The predicted octanol–water partition coefficient (Wildman–Crippen LogP) is 3.65. The number of benzene rings is 1. The van der Waals surface area contributed by atoms with E-state index >= 15 is 0 Å². The van der Waals surface area contributed by atoms with E-state index in [1.54, 1.807) is 12.1 Å². The van der Waals surface area contributed by atoms with Crippen molar-refractivity contribution in [3.8, 4) is 5.75 Å². The van der Waals surface area contributed by atoms with Gasteiger partial charge < -0.3 is 9.64 Å². The van der Waals surface area contributed by atoms with Crippen LogP contribution in [0.2, 0.25) is 0 Å². The minimum atomic E-state index is -4.39. The highest BCUT2D eigenvalue weighted by atomic mass is 19.4. The Morgan fingerprint density at radius 2 is 1.79 bits per heavy atom. The molecule has 2 aromatic rings. The summed E-state index contributed by atoms with van der Waals surface area (Å²) >= 11 is 0. The summed E-state index contributed by atoms with van der Waals surface area (Å²) in [5, 5.41) is 2.32. The maximum absolute atomic E-state index is 13.0. The number of aromatic nitrogens is 1. The molecule has 0 bridgehead atoms. The Kier molecular flexibility index (Phi) is 6.57. The lowest BCUT2D eigenvalue weighted by molar-refractivity contribution is -0.138. The average Bonchev–Trinajstić information content (AvgIpc) is 3.19. The summed E-state index contributed by atoms with van der Waals surface area (Å²) in [6, 6.07) is 7.51. The van der Waals surface area contributed by atoms with Gasteiger partial charge >= 0.3 is 6.18 Å². The van der Waals surface area contributed by atoms with Gasteiger partial charge in [-0.25, -0.2) is 0 Å². The number of imide groups is 1. The predicted molar refractivity (Wildman–Crippen MR) is 133 cm³/mol. The number of nitrogens with zero attached hydrogens (tertiary/aromatic N) is 3. The molecule has 1 N–H and O–H groups in total. The van der Waals surface area contributed by atoms with Gasteiger partial charge in [-0.05, 0) is 61.6 Å². The van der Waals surface area contributed by atoms with Crippen LogP contribution in [0.3, 0.4) is 0 Å². The molecule has 6 rings (SSSR count). The van der Waals surface area contributed by atoms with Crippen LogP contribution >= 0.6 is 0 Å². The Labute approximate surface area is 223 Å². The number of carbonyl (C=O) groups is 3. The molecule has 3 atom stereocenters. The van der Waals surface area contributed by atoms with Crippen molar-refractivity contribution in [2.45, 2.75) is 75.4 Å². The number of amides is 3. The van der Waals surface area contributed by atoms with Crippen LogP contribution in [0.4, 0.5) is 13.2 Å². The van der Waals surface area contributed by atoms with Crippen molar-refractivity contribution in [2.24, 2.45) is 0 Å². The fourth-order valence-corrected chi connectivity index (χ4v) is 6.22. The molecule has 0 unspecified atom stereocenters. The number of hydrogen-bond acceptors (Lipinski definition) is 6. The molecular weight excluding hydrogens is 513 g/mol. The van der Waals surface area contributed by atoms with Gasteiger partial charge in [0.15, 0.2) is 0 Å². The van der Waals surface area contributed by atoms with Crippen molar-refractivity contribution in [3.05, 3.63) is 58.9 Å². The normalized spacial score (nSPS) is 26.3. The summed E-state index contributed by atoms with van der Waals surface area (Å²) in [5.41, 5.74) is 1.28. The molecule has 1 aromatic carbocycles. The van der Waals surface area contributed by atoms with Crippen LogP contribution in [0, 0.1) is 0 Å². The van der Waals surface area contributed by atoms with Crippen LogP contribution in [0.15, 0.2) is 36.5 Å². The molecule has 206 valence electrons. The first-order chi connectivity index (χ1) is 18.7. The van der Waals surface area contributed by atoms with Gasteiger partial charge in [-0.3, -0.25) is 29.6 Å². The third-order valence-electron chi connectivity index (χ3n) is 8.36. The first kappa shape index (κ1) is 25.8. The minimum Gasteiger partial charge on any atom is -0.489 e. The molecular formula is C28H29F3N4O4. The number of nitrogens with one attached hydrogen (secondary N) is 1. The van der Waals surface area contributed by atoms with Gasteiger partial charge in [0.05, 0.1) is 5.56 Å². The van der Waals surface area contributed by atoms with E-state index in [9.17, 15) is 27.6 Å². The third-order valence-corrected chi connectivity index (χ3v) is 8.36. The highest BCUT2D eigenvalue weighted by molar-refractivity contribution is 6.05. The topological polar surface area (TPSA) is 91.8 Å². The van der Waals surface area contributed by atoms with Gasteiger partial charge in [0.25, 0.3) is 5.91 Å². The minimum absolute atomic E-state index is 0.0401. The Morgan fingerprint density at radius 3 is 2.51 bits per heavy atom. The van der Waals surface area contributed by atoms with E-state index in [2.05, 4.69) is 15.2 Å². The summed E-state index contributed by atoms with van der Waals surface area (Å²) < 4.78 is 45.0. The van der Waals surface area contributed by atoms with E-state index in [-0.39, 0.29) is 36.3 Å². The number of likely N-dealkylation sites (tertiary alicyclic amines) is 1. The van der Waals surface area contributed by atoms with Crippen LogP contribution < -0.4 is 10.1 Å². The summed E-state index contributed by atoms with van der Waals surface area (Å²) in [7, 11) is 0. The lowest BCUT2D eigenvalue weighted by Crippen LogP contribution is -2.57. The molecule has 1 saturated carbocycles. The number of rotatable bonds is 5. The highest BCUT2D eigenvalue weighted by Crippen LogP contribution is 2.37. The third kappa shape index (κ3) is 4.99.